The predicted octanol–water partition coefficient (Wildman–Crippen LogP) is 3.19. The smallest absolute Gasteiger partial charge is 0.261 e. The van der Waals surface area contributed by atoms with Crippen LogP contribution in [0.1, 0.15) is 30.1 Å². The van der Waals surface area contributed by atoms with Gasteiger partial charge in [-0.1, -0.05) is 0 Å². The van der Waals surface area contributed by atoms with E-state index >= 15 is 0 Å². The number of hydrogen-bond acceptors (Lipinski definition) is 4. The average molecular weight is 406 g/mol. The molecule has 1 N–H and O–H groups in total. The minimum absolute atomic E-state index is 0.148. The first-order valence-corrected chi connectivity index (χ1v) is 10.5. The van der Waals surface area contributed by atoms with Crippen LogP contribution >= 0.6 is 0 Å². The molecule has 0 radical (unpaired) electrons. The number of hydrogen-bond donors (Lipinski definition) is 1. The molecule has 0 aromatic heterocycles. The quantitative estimate of drug-likeness (QED) is 0.766. The van der Waals surface area contributed by atoms with Gasteiger partial charge in [0, 0.05) is 11.7 Å². The van der Waals surface area contributed by atoms with E-state index in [9.17, 15) is 17.6 Å². The van der Waals surface area contributed by atoms with Crippen molar-refractivity contribution in [2.45, 2.75) is 30.7 Å². The highest BCUT2D eigenvalue weighted by atomic mass is 32.2. The first kappa shape index (κ1) is 20.3. The summed E-state index contributed by atoms with van der Waals surface area (Å²) in [5, 5.41) is 0. The van der Waals surface area contributed by atoms with Crippen molar-refractivity contribution in [1.29, 1.82) is 0 Å². The summed E-state index contributed by atoms with van der Waals surface area (Å²) in [5.41, 5.74) is 0.325. The Morgan fingerprint density at radius 1 is 1.21 bits per heavy atom. The van der Waals surface area contributed by atoms with Crippen molar-refractivity contribution in [3.8, 4) is 5.75 Å². The van der Waals surface area contributed by atoms with Crippen molar-refractivity contribution >= 4 is 21.6 Å². The number of rotatable bonds is 7. The normalized spacial score (nSPS) is 15.1. The summed E-state index contributed by atoms with van der Waals surface area (Å²) in [4.78, 5) is 14.7. The van der Waals surface area contributed by atoms with Crippen molar-refractivity contribution < 1.29 is 22.3 Å². The van der Waals surface area contributed by atoms with Crippen LogP contribution in [0, 0.1) is 11.7 Å². The zero-order chi connectivity index (χ0) is 20.5. The molecule has 1 fully saturated rings. The molecule has 28 heavy (non-hydrogen) atoms. The molecule has 1 aliphatic carbocycles. The molecule has 0 aliphatic heterocycles. The van der Waals surface area contributed by atoms with Gasteiger partial charge in [-0.05, 0) is 75.2 Å². The molecule has 0 heterocycles. The topological polar surface area (TPSA) is 75.7 Å². The first-order chi connectivity index (χ1) is 13.3. The SMILES string of the molecule is CNS(=O)(=O)c1ccc(F)c(C(=O)N(c2ccc(OC)cc2)C(C)C2CC2)c1. The molecule has 3 rings (SSSR count). The molecule has 1 amide bonds. The molecule has 0 bridgehead atoms. The number of carbonyl (C=O) groups excluding carboxylic acids is 1. The van der Waals surface area contributed by atoms with E-state index < -0.39 is 21.7 Å². The van der Waals surface area contributed by atoms with Gasteiger partial charge >= 0.3 is 0 Å². The van der Waals surface area contributed by atoms with Gasteiger partial charge in [0.15, 0.2) is 0 Å². The van der Waals surface area contributed by atoms with Crippen molar-refractivity contribution in [3.63, 3.8) is 0 Å². The summed E-state index contributed by atoms with van der Waals surface area (Å²) in [6.07, 6.45) is 2.00. The Balaban J connectivity index is 2.05. The minimum Gasteiger partial charge on any atom is -0.497 e. The fourth-order valence-corrected chi connectivity index (χ4v) is 3.91. The molecule has 1 unspecified atom stereocenters. The molecule has 0 saturated heterocycles. The molecule has 2 aromatic carbocycles. The van der Waals surface area contributed by atoms with Gasteiger partial charge in [-0.15, -0.1) is 0 Å². The third kappa shape index (κ3) is 4.02. The number of halogens is 1. The van der Waals surface area contributed by atoms with Crippen molar-refractivity contribution in [2.24, 2.45) is 5.92 Å². The van der Waals surface area contributed by atoms with Gasteiger partial charge < -0.3 is 9.64 Å². The molecule has 150 valence electrons. The average Bonchev–Trinajstić information content (AvgIpc) is 3.54. The Morgan fingerprint density at radius 3 is 2.39 bits per heavy atom. The van der Waals surface area contributed by atoms with E-state index in [1.165, 1.54) is 11.9 Å². The first-order valence-electron chi connectivity index (χ1n) is 8.99. The largest absolute Gasteiger partial charge is 0.497 e. The third-order valence-corrected chi connectivity index (χ3v) is 6.44. The monoisotopic (exact) mass is 406 g/mol. The van der Waals surface area contributed by atoms with Crippen LogP contribution in [0.25, 0.3) is 0 Å². The molecule has 8 heteroatoms. The van der Waals surface area contributed by atoms with E-state index in [1.807, 2.05) is 6.92 Å². The van der Waals surface area contributed by atoms with Gasteiger partial charge in [0.25, 0.3) is 5.91 Å². The Morgan fingerprint density at radius 2 is 1.86 bits per heavy atom. The van der Waals surface area contributed by atoms with Crippen molar-refractivity contribution in [3.05, 3.63) is 53.8 Å². The number of methoxy groups -OCH3 is 1. The van der Waals surface area contributed by atoms with Crippen LogP contribution < -0.4 is 14.4 Å². The fourth-order valence-electron chi connectivity index (χ4n) is 3.15. The lowest BCUT2D eigenvalue weighted by Gasteiger charge is -2.30. The standard InChI is InChI=1S/C20H23FN2O4S/c1-13(14-4-5-14)23(15-6-8-16(27-3)9-7-15)20(24)18-12-17(10-11-19(18)21)28(25,26)22-2/h6-14,22H,4-5H2,1-3H3. The highest BCUT2D eigenvalue weighted by Crippen LogP contribution is 2.38. The number of carbonyl (C=O) groups is 1. The third-order valence-electron chi connectivity index (χ3n) is 5.03. The summed E-state index contributed by atoms with van der Waals surface area (Å²) in [5.74, 6) is -0.362. The number of nitrogens with one attached hydrogen (secondary N) is 1. The molecule has 6 nitrogen and oxygen atoms in total. The van der Waals surface area contributed by atoms with Gasteiger partial charge in [-0.2, -0.15) is 0 Å². The molecule has 1 saturated carbocycles. The van der Waals surface area contributed by atoms with Crippen LogP contribution in [-0.4, -0.2) is 34.5 Å². The highest BCUT2D eigenvalue weighted by Gasteiger charge is 2.36. The second-order valence-electron chi connectivity index (χ2n) is 6.80. The van der Waals surface area contributed by atoms with Crippen LogP contribution in [0.3, 0.4) is 0 Å². The number of benzene rings is 2. The summed E-state index contributed by atoms with van der Waals surface area (Å²) < 4.78 is 46.0. The maximum absolute atomic E-state index is 14.5. The van der Waals surface area contributed by atoms with Gasteiger partial charge in [0.2, 0.25) is 10.0 Å². The van der Waals surface area contributed by atoms with E-state index in [0.29, 0.717) is 17.4 Å². The fraction of sp³-hybridized carbons (Fsp3) is 0.350. The number of nitrogens with zero attached hydrogens (tertiary/aromatic N) is 1. The Bertz CT molecular complexity index is 972. The van der Waals surface area contributed by atoms with Gasteiger partial charge in [-0.25, -0.2) is 17.5 Å². The van der Waals surface area contributed by atoms with E-state index in [2.05, 4.69) is 4.72 Å². The maximum atomic E-state index is 14.5. The molecule has 2 aromatic rings. The van der Waals surface area contributed by atoms with Crippen LogP contribution in [0.5, 0.6) is 5.75 Å². The Kier molecular flexibility index (Phi) is 5.71. The van der Waals surface area contributed by atoms with Crippen LogP contribution in [0.15, 0.2) is 47.4 Å². The molecular weight excluding hydrogens is 383 g/mol. The zero-order valence-electron chi connectivity index (χ0n) is 16.0. The second-order valence-corrected chi connectivity index (χ2v) is 8.69. The highest BCUT2D eigenvalue weighted by molar-refractivity contribution is 7.89. The Hall–Kier alpha value is -2.45. The summed E-state index contributed by atoms with van der Waals surface area (Å²) in [6, 6.07) is 10.0. The Labute approximate surface area is 164 Å². The van der Waals surface area contributed by atoms with Crippen molar-refractivity contribution in [1.82, 2.24) is 4.72 Å². The second kappa shape index (κ2) is 7.89. The minimum atomic E-state index is -3.80. The number of anilines is 1. The number of amides is 1. The molecule has 1 atom stereocenters. The molecular formula is C20H23FN2O4S. The molecule has 1 aliphatic rings. The summed E-state index contributed by atoms with van der Waals surface area (Å²) in [7, 11) is -0.986. The molecule has 0 spiro atoms. The van der Waals surface area contributed by atoms with Crippen molar-refractivity contribution in [2.75, 3.05) is 19.1 Å². The van der Waals surface area contributed by atoms with E-state index in [1.54, 1.807) is 31.4 Å². The van der Waals surface area contributed by atoms with E-state index in [-0.39, 0.29) is 16.5 Å². The lowest BCUT2D eigenvalue weighted by atomic mass is 10.1. The lowest BCUT2D eigenvalue weighted by molar-refractivity contribution is 0.0971. The van der Waals surface area contributed by atoms with Gasteiger partial charge in [0.1, 0.15) is 11.6 Å². The van der Waals surface area contributed by atoms with E-state index in [0.717, 1.165) is 31.0 Å². The maximum Gasteiger partial charge on any atom is 0.261 e. The van der Waals surface area contributed by atoms with Gasteiger partial charge in [-0.3, -0.25) is 4.79 Å². The van der Waals surface area contributed by atoms with Crippen LogP contribution in [0.4, 0.5) is 10.1 Å². The summed E-state index contributed by atoms with van der Waals surface area (Å²) in [6.45, 7) is 1.92. The number of ether oxygens (including phenoxy) is 1. The van der Waals surface area contributed by atoms with Gasteiger partial charge in [0.05, 0.1) is 17.6 Å². The summed E-state index contributed by atoms with van der Waals surface area (Å²) >= 11 is 0. The number of sulfonamides is 1. The lowest BCUT2D eigenvalue weighted by Crippen LogP contribution is -2.40. The predicted molar refractivity (Wildman–Crippen MR) is 105 cm³/mol. The zero-order valence-corrected chi connectivity index (χ0v) is 16.8. The van der Waals surface area contributed by atoms with Crippen LogP contribution in [-0.2, 0) is 10.0 Å². The van der Waals surface area contributed by atoms with Crippen LogP contribution in [0.2, 0.25) is 0 Å². The van der Waals surface area contributed by atoms with E-state index in [4.69, 9.17) is 4.74 Å².